The van der Waals surface area contributed by atoms with E-state index in [2.05, 4.69) is 13.8 Å². The van der Waals surface area contributed by atoms with Gasteiger partial charge in [-0.2, -0.15) is 0 Å². The summed E-state index contributed by atoms with van der Waals surface area (Å²) in [5.74, 6) is -0.285. The van der Waals surface area contributed by atoms with Gasteiger partial charge >= 0.3 is 5.97 Å². The second-order valence-electron chi connectivity index (χ2n) is 7.28. The Morgan fingerprint density at radius 1 is 1.33 bits per heavy atom. The molecule has 0 atom stereocenters. The average Bonchev–Trinajstić information content (AvgIpc) is 2.92. The molecule has 21 heavy (non-hydrogen) atoms. The monoisotopic (exact) mass is 309 g/mol. The van der Waals surface area contributed by atoms with E-state index >= 15 is 0 Å². The molecule has 2 N–H and O–H groups in total. The van der Waals surface area contributed by atoms with Gasteiger partial charge < -0.3 is 10.5 Å². The van der Waals surface area contributed by atoms with Crippen molar-refractivity contribution in [3.05, 3.63) is 15.3 Å². The summed E-state index contributed by atoms with van der Waals surface area (Å²) in [6.45, 7) is 10.1. The Bertz CT molecular complexity index is 534. The number of hydrogen-bond donors (Lipinski definition) is 1. The molecule has 0 saturated heterocycles. The van der Waals surface area contributed by atoms with Crippen molar-refractivity contribution >= 4 is 23.0 Å². The van der Waals surface area contributed by atoms with Gasteiger partial charge in [0.1, 0.15) is 10.5 Å². The summed E-state index contributed by atoms with van der Waals surface area (Å²) in [4.78, 5) is 14.3. The van der Waals surface area contributed by atoms with Gasteiger partial charge in [0.15, 0.2) is 0 Å². The van der Waals surface area contributed by atoms with Gasteiger partial charge in [-0.1, -0.05) is 26.7 Å². The van der Waals surface area contributed by atoms with Crippen LogP contribution in [0, 0.1) is 0 Å². The number of rotatable bonds is 3. The number of carbonyl (C=O) groups excluding carboxylic acids is 1. The largest absolute Gasteiger partial charge is 0.456 e. The Morgan fingerprint density at radius 3 is 2.38 bits per heavy atom. The number of carbonyl (C=O) groups is 1. The smallest absolute Gasteiger partial charge is 0.350 e. The van der Waals surface area contributed by atoms with Gasteiger partial charge in [0.05, 0.1) is 5.69 Å². The van der Waals surface area contributed by atoms with Crippen LogP contribution in [0.5, 0.6) is 0 Å². The Kier molecular flexibility index (Phi) is 4.39. The van der Waals surface area contributed by atoms with Crippen LogP contribution in [0.2, 0.25) is 0 Å². The van der Waals surface area contributed by atoms with Crippen LogP contribution in [0.25, 0.3) is 0 Å². The van der Waals surface area contributed by atoms with Crippen molar-refractivity contribution < 1.29 is 9.53 Å². The van der Waals surface area contributed by atoms with Crippen LogP contribution in [-0.2, 0) is 16.6 Å². The molecule has 0 aliphatic heterocycles. The molecule has 3 nitrogen and oxygen atoms in total. The van der Waals surface area contributed by atoms with Crippen LogP contribution < -0.4 is 5.73 Å². The molecule has 2 rings (SSSR count). The van der Waals surface area contributed by atoms with E-state index in [-0.39, 0.29) is 11.4 Å². The quantitative estimate of drug-likeness (QED) is 0.825. The maximum absolute atomic E-state index is 12.4. The summed E-state index contributed by atoms with van der Waals surface area (Å²) in [5.41, 5.74) is 7.76. The molecule has 0 unspecified atom stereocenters. The Morgan fingerprint density at radius 2 is 1.90 bits per heavy atom. The van der Waals surface area contributed by atoms with Crippen LogP contribution >= 0.6 is 11.3 Å². The molecule has 0 bridgehead atoms. The van der Waals surface area contributed by atoms with E-state index < -0.39 is 5.60 Å². The highest BCUT2D eigenvalue weighted by atomic mass is 32.1. The van der Waals surface area contributed by atoms with Gasteiger partial charge in [0.25, 0.3) is 0 Å². The summed E-state index contributed by atoms with van der Waals surface area (Å²) in [6, 6.07) is 0. The van der Waals surface area contributed by atoms with Gasteiger partial charge in [-0.05, 0) is 45.6 Å². The maximum Gasteiger partial charge on any atom is 0.350 e. The second kappa shape index (κ2) is 5.64. The van der Waals surface area contributed by atoms with Crippen LogP contribution in [0.3, 0.4) is 0 Å². The van der Waals surface area contributed by atoms with Crippen LogP contribution in [0.15, 0.2) is 0 Å². The molecule has 0 spiro atoms. The first-order chi connectivity index (χ1) is 9.68. The minimum atomic E-state index is -0.489. The Hall–Kier alpha value is -1.03. The summed E-state index contributed by atoms with van der Waals surface area (Å²) >= 11 is 1.56. The molecule has 0 aromatic carbocycles. The van der Waals surface area contributed by atoms with Crippen LogP contribution in [0.4, 0.5) is 5.69 Å². The van der Waals surface area contributed by atoms with E-state index in [4.69, 9.17) is 10.5 Å². The Labute approximate surface area is 131 Å². The topological polar surface area (TPSA) is 52.3 Å². The lowest BCUT2D eigenvalue weighted by molar-refractivity contribution is 0.00763. The fourth-order valence-electron chi connectivity index (χ4n) is 3.17. The molecule has 1 fully saturated rings. The minimum absolute atomic E-state index is 0.185. The number of hydrogen-bond acceptors (Lipinski definition) is 4. The fourth-order valence-corrected chi connectivity index (χ4v) is 4.57. The van der Waals surface area contributed by atoms with E-state index in [0.29, 0.717) is 10.6 Å². The predicted molar refractivity (Wildman–Crippen MR) is 89.1 cm³/mol. The van der Waals surface area contributed by atoms with Crippen molar-refractivity contribution in [3.8, 4) is 0 Å². The first kappa shape index (κ1) is 16.3. The first-order valence-corrected chi connectivity index (χ1v) is 8.64. The lowest BCUT2D eigenvalue weighted by Crippen LogP contribution is -2.23. The van der Waals surface area contributed by atoms with Crippen molar-refractivity contribution in [2.24, 2.45) is 0 Å². The molecule has 1 aliphatic rings. The molecule has 0 amide bonds. The number of nitrogen functional groups attached to an aromatic ring is 1. The number of anilines is 1. The van der Waals surface area contributed by atoms with Gasteiger partial charge in [-0.15, -0.1) is 11.3 Å². The van der Waals surface area contributed by atoms with Gasteiger partial charge in [0.2, 0.25) is 0 Å². The third-order valence-corrected chi connectivity index (χ3v) is 5.78. The highest BCUT2D eigenvalue weighted by molar-refractivity contribution is 7.15. The van der Waals surface area contributed by atoms with Crippen molar-refractivity contribution in [2.45, 2.75) is 77.7 Å². The summed E-state index contributed by atoms with van der Waals surface area (Å²) < 4.78 is 5.50. The SMILES string of the molecule is CCc1c(C2(C)CCCC2)sc(C(=O)OC(C)(C)C)c1N. The zero-order valence-electron chi connectivity index (χ0n) is 13.8. The molecular weight excluding hydrogens is 282 g/mol. The van der Waals surface area contributed by atoms with Crippen molar-refractivity contribution in [3.63, 3.8) is 0 Å². The number of ether oxygens (including phenoxy) is 1. The average molecular weight is 309 g/mol. The van der Waals surface area contributed by atoms with Crippen molar-refractivity contribution in [1.29, 1.82) is 0 Å². The molecule has 1 aromatic rings. The molecule has 1 heterocycles. The second-order valence-corrected chi connectivity index (χ2v) is 8.30. The van der Waals surface area contributed by atoms with Crippen molar-refractivity contribution in [2.75, 3.05) is 5.73 Å². The van der Waals surface area contributed by atoms with E-state index in [1.54, 1.807) is 11.3 Å². The van der Waals surface area contributed by atoms with Gasteiger partial charge in [-0.3, -0.25) is 0 Å². The van der Waals surface area contributed by atoms with Crippen LogP contribution in [-0.4, -0.2) is 11.6 Å². The lowest BCUT2D eigenvalue weighted by atomic mass is 9.84. The van der Waals surface area contributed by atoms with Gasteiger partial charge in [0, 0.05) is 10.3 Å². The van der Waals surface area contributed by atoms with Crippen molar-refractivity contribution in [1.82, 2.24) is 0 Å². The Balaban J connectivity index is 2.41. The summed E-state index contributed by atoms with van der Waals surface area (Å²) in [6.07, 6.45) is 5.77. The zero-order chi connectivity index (χ0) is 15.8. The van der Waals surface area contributed by atoms with E-state index in [1.807, 2.05) is 20.8 Å². The van der Waals surface area contributed by atoms with Crippen LogP contribution in [0.1, 0.15) is 80.4 Å². The molecule has 118 valence electrons. The number of esters is 1. The minimum Gasteiger partial charge on any atom is -0.456 e. The van der Waals surface area contributed by atoms with Gasteiger partial charge in [-0.25, -0.2) is 4.79 Å². The fraction of sp³-hybridized carbons (Fsp3) is 0.706. The third kappa shape index (κ3) is 3.25. The molecular formula is C17H27NO2S. The molecule has 1 aliphatic carbocycles. The highest BCUT2D eigenvalue weighted by Crippen LogP contribution is 2.48. The first-order valence-electron chi connectivity index (χ1n) is 7.83. The predicted octanol–water partition coefficient (Wildman–Crippen LogP) is 4.68. The summed E-state index contributed by atoms with van der Waals surface area (Å²) in [5, 5.41) is 0. The number of thiophene rings is 1. The summed E-state index contributed by atoms with van der Waals surface area (Å²) in [7, 11) is 0. The highest BCUT2D eigenvalue weighted by Gasteiger charge is 2.36. The molecule has 4 heteroatoms. The van der Waals surface area contributed by atoms with E-state index in [9.17, 15) is 4.79 Å². The zero-order valence-corrected chi connectivity index (χ0v) is 14.7. The molecule has 1 saturated carbocycles. The third-order valence-electron chi connectivity index (χ3n) is 4.24. The standard InChI is InChI=1S/C17H27NO2S/c1-6-11-12(18)13(15(19)20-16(2,3)4)21-14(11)17(5)9-7-8-10-17/h6-10,18H2,1-5H3. The normalized spacial score (nSPS) is 18.0. The maximum atomic E-state index is 12.4. The van der Waals surface area contributed by atoms with E-state index in [0.717, 1.165) is 12.0 Å². The lowest BCUT2D eigenvalue weighted by Gasteiger charge is -2.23. The molecule has 0 radical (unpaired) electrons. The number of nitrogens with two attached hydrogens (primary N) is 1. The van der Waals surface area contributed by atoms with E-state index in [1.165, 1.54) is 30.6 Å². The molecule has 1 aromatic heterocycles.